The third-order valence-corrected chi connectivity index (χ3v) is 3.05. The fraction of sp³-hybridized carbons (Fsp3) is 0.118. The van der Waals surface area contributed by atoms with Gasteiger partial charge < -0.3 is 10.4 Å². The Balaban J connectivity index is 1.72. The van der Waals surface area contributed by atoms with Crippen molar-refractivity contribution in [3.63, 3.8) is 0 Å². The molecule has 0 aliphatic carbocycles. The summed E-state index contributed by atoms with van der Waals surface area (Å²) in [5.41, 5.74) is 2.96. The molecular weight excluding hydrogens is 313 g/mol. The van der Waals surface area contributed by atoms with Gasteiger partial charge in [0.05, 0.1) is 11.8 Å². The second-order valence-corrected chi connectivity index (χ2v) is 4.87. The molecule has 0 atom stereocenters. The van der Waals surface area contributed by atoms with Gasteiger partial charge in [-0.3, -0.25) is 9.59 Å². The van der Waals surface area contributed by atoms with E-state index in [1.54, 1.807) is 18.2 Å². The highest BCUT2D eigenvalue weighted by Gasteiger charge is 2.10. The number of carbonyl (C=O) groups excluding carboxylic acids is 2. The standard InChI is InChI=1S/C17H16FN3O3/c18-15-4-2-1-3-14(15)17(24)19-10-9-16(23)21-20-11-12-5-7-13(22)8-6-12/h1-8,11,22H,9-10H2,(H,19,24)(H,21,23). The van der Waals surface area contributed by atoms with Crippen LogP contribution in [0.4, 0.5) is 4.39 Å². The van der Waals surface area contributed by atoms with Crippen LogP contribution in [0.2, 0.25) is 0 Å². The van der Waals surface area contributed by atoms with Crippen LogP contribution in [0.3, 0.4) is 0 Å². The van der Waals surface area contributed by atoms with Gasteiger partial charge in [-0.1, -0.05) is 12.1 Å². The summed E-state index contributed by atoms with van der Waals surface area (Å²) < 4.78 is 13.4. The minimum absolute atomic E-state index is 0.00705. The van der Waals surface area contributed by atoms with Crippen LogP contribution in [0.15, 0.2) is 53.6 Å². The van der Waals surface area contributed by atoms with Crippen molar-refractivity contribution in [1.29, 1.82) is 0 Å². The minimum Gasteiger partial charge on any atom is -0.508 e. The molecule has 0 fully saturated rings. The Labute approximate surface area is 138 Å². The van der Waals surface area contributed by atoms with E-state index in [-0.39, 0.29) is 30.2 Å². The van der Waals surface area contributed by atoms with Crippen LogP contribution in [-0.4, -0.2) is 29.7 Å². The molecule has 0 bridgehead atoms. The average Bonchev–Trinajstić information content (AvgIpc) is 2.57. The molecule has 0 aliphatic rings. The highest BCUT2D eigenvalue weighted by Crippen LogP contribution is 2.07. The number of phenolic OH excluding ortho intramolecular Hbond substituents is 1. The van der Waals surface area contributed by atoms with E-state index in [1.165, 1.54) is 36.5 Å². The van der Waals surface area contributed by atoms with Gasteiger partial charge in [0, 0.05) is 13.0 Å². The second-order valence-electron chi connectivity index (χ2n) is 4.87. The van der Waals surface area contributed by atoms with Gasteiger partial charge in [-0.25, -0.2) is 9.82 Å². The van der Waals surface area contributed by atoms with Crippen molar-refractivity contribution < 1.29 is 19.1 Å². The first-order valence-corrected chi connectivity index (χ1v) is 7.20. The monoisotopic (exact) mass is 329 g/mol. The zero-order valence-electron chi connectivity index (χ0n) is 12.7. The van der Waals surface area contributed by atoms with E-state index in [0.717, 1.165) is 0 Å². The lowest BCUT2D eigenvalue weighted by Crippen LogP contribution is -2.29. The molecule has 2 aromatic carbocycles. The summed E-state index contributed by atoms with van der Waals surface area (Å²) in [6.07, 6.45) is 1.43. The second kappa shape index (κ2) is 8.42. The first kappa shape index (κ1) is 17.1. The maximum Gasteiger partial charge on any atom is 0.254 e. The molecule has 0 saturated heterocycles. The van der Waals surface area contributed by atoms with Crippen LogP contribution in [0.25, 0.3) is 0 Å². The van der Waals surface area contributed by atoms with Crippen molar-refractivity contribution in [2.45, 2.75) is 6.42 Å². The van der Waals surface area contributed by atoms with Gasteiger partial charge in [-0.05, 0) is 42.0 Å². The molecule has 0 heterocycles. The fourth-order valence-electron chi connectivity index (χ4n) is 1.83. The Morgan fingerprint density at radius 2 is 1.83 bits per heavy atom. The first-order valence-electron chi connectivity index (χ1n) is 7.20. The number of benzene rings is 2. The molecule has 0 unspecified atom stereocenters. The maximum atomic E-state index is 13.4. The molecule has 0 aliphatic heterocycles. The lowest BCUT2D eigenvalue weighted by atomic mass is 10.2. The number of nitrogens with zero attached hydrogens (tertiary/aromatic N) is 1. The van der Waals surface area contributed by atoms with E-state index in [4.69, 9.17) is 5.11 Å². The summed E-state index contributed by atoms with van der Waals surface area (Å²) in [6, 6.07) is 11.9. The van der Waals surface area contributed by atoms with Crippen LogP contribution >= 0.6 is 0 Å². The molecule has 6 nitrogen and oxygen atoms in total. The smallest absolute Gasteiger partial charge is 0.254 e. The molecule has 24 heavy (non-hydrogen) atoms. The highest BCUT2D eigenvalue weighted by molar-refractivity contribution is 5.94. The molecule has 0 spiro atoms. The summed E-state index contributed by atoms with van der Waals surface area (Å²) in [5.74, 6) is -1.44. The predicted molar refractivity (Wildman–Crippen MR) is 87.2 cm³/mol. The molecule has 0 saturated carbocycles. The number of halogens is 1. The number of hydrogen-bond acceptors (Lipinski definition) is 4. The van der Waals surface area contributed by atoms with E-state index >= 15 is 0 Å². The Morgan fingerprint density at radius 1 is 1.12 bits per heavy atom. The number of carbonyl (C=O) groups is 2. The van der Waals surface area contributed by atoms with Crippen LogP contribution in [0.5, 0.6) is 5.75 Å². The molecule has 7 heteroatoms. The summed E-state index contributed by atoms with van der Waals surface area (Å²) in [5, 5.41) is 15.4. The molecule has 3 N–H and O–H groups in total. The minimum atomic E-state index is -0.613. The van der Waals surface area contributed by atoms with Gasteiger partial charge in [0.15, 0.2) is 0 Å². The normalized spacial score (nSPS) is 10.5. The van der Waals surface area contributed by atoms with E-state index in [2.05, 4.69) is 15.8 Å². The van der Waals surface area contributed by atoms with E-state index < -0.39 is 11.7 Å². The summed E-state index contributed by atoms with van der Waals surface area (Å²) in [4.78, 5) is 23.3. The van der Waals surface area contributed by atoms with Crippen molar-refractivity contribution in [2.75, 3.05) is 6.54 Å². The Hall–Kier alpha value is -3.22. The van der Waals surface area contributed by atoms with E-state index in [1.807, 2.05) is 0 Å². The first-order chi connectivity index (χ1) is 11.6. The lowest BCUT2D eigenvalue weighted by molar-refractivity contribution is -0.120. The Kier molecular flexibility index (Phi) is 6.01. The number of amides is 2. The van der Waals surface area contributed by atoms with Gasteiger partial charge >= 0.3 is 0 Å². The lowest BCUT2D eigenvalue weighted by Gasteiger charge is -2.05. The third-order valence-electron chi connectivity index (χ3n) is 3.05. The van der Waals surface area contributed by atoms with Crippen molar-refractivity contribution >= 4 is 18.0 Å². The van der Waals surface area contributed by atoms with Gasteiger partial charge in [-0.2, -0.15) is 5.10 Å². The van der Waals surface area contributed by atoms with Crippen molar-refractivity contribution in [1.82, 2.24) is 10.7 Å². The van der Waals surface area contributed by atoms with Gasteiger partial charge in [0.1, 0.15) is 11.6 Å². The van der Waals surface area contributed by atoms with Crippen LogP contribution in [0.1, 0.15) is 22.3 Å². The van der Waals surface area contributed by atoms with Crippen LogP contribution in [0, 0.1) is 5.82 Å². The molecule has 124 valence electrons. The predicted octanol–water partition coefficient (Wildman–Crippen LogP) is 1.80. The Bertz CT molecular complexity index is 745. The van der Waals surface area contributed by atoms with E-state index in [9.17, 15) is 14.0 Å². The number of aromatic hydroxyl groups is 1. The van der Waals surface area contributed by atoms with Crippen LogP contribution in [-0.2, 0) is 4.79 Å². The number of nitrogens with one attached hydrogen (secondary N) is 2. The summed E-state index contributed by atoms with van der Waals surface area (Å²) in [6.45, 7) is 0.0632. The average molecular weight is 329 g/mol. The van der Waals surface area contributed by atoms with Gasteiger partial charge in [0.25, 0.3) is 5.91 Å². The molecule has 0 radical (unpaired) electrons. The summed E-state index contributed by atoms with van der Waals surface area (Å²) >= 11 is 0. The highest BCUT2D eigenvalue weighted by atomic mass is 19.1. The zero-order valence-corrected chi connectivity index (χ0v) is 12.7. The van der Waals surface area contributed by atoms with Gasteiger partial charge in [-0.15, -0.1) is 0 Å². The van der Waals surface area contributed by atoms with E-state index in [0.29, 0.717) is 5.56 Å². The molecular formula is C17H16FN3O3. The Morgan fingerprint density at radius 3 is 2.54 bits per heavy atom. The quantitative estimate of drug-likeness (QED) is 0.557. The SMILES string of the molecule is O=C(CCNC(=O)c1ccccc1F)NN=Cc1ccc(O)cc1. The molecule has 2 rings (SSSR count). The fourth-order valence-corrected chi connectivity index (χ4v) is 1.83. The number of hydrogen-bond donors (Lipinski definition) is 3. The van der Waals surface area contributed by atoms with Crippen molar-refractivity contribution in [3.05, 3.63) is 65.5 Å². The number of hydrazone groups is 1. The molecule has 2 amide bonds. The molecule has 0 aromatic heterocycles. The topological polar surface area (TPSA) is 90.8 Å². The number of phenols is 1. The summed E-state index contributed by atoms with van der Waals surface area (Å²) in [7, 11) is 0. The number of rotatable bonds is 6. The van der Waals surface area contributed by atoms with Gasteiger partial charge in [0.2, 0.25) is 5.91 Å². The zero-order chi connectivity index (χ0) is 17.4. The van der Waals surface area contributed by atoms with Crippen molar-refractivity contribution in [2.24, 2.45) is 5.10 Å². The van der Waals surface area contributed by atoms with Crippen molar-refractivity contribution in [3.8, 4) is 5.75 Å². The molecule has 2 aromatic rings. The third kappa shape index (κ3) is 5.20. The maximum absolute atomic E-state index is 13.4. The van der Waals surface area contributed by atoms with Crippen LogP contribution < -0.4 is 10.7 Å². The largest absolute Gasteiger partial charge is 0.508 e.